The Morgan fingerprint density at radius 2 is 2.20 bits per heavy atom. The predicted octanol–water partition coefficient (Wildman–Crippen LogP) is 4.43. The van der Waals surface area contributed by atoms with Crippen LogP contribution in [0, 0.1) is 11.8 Å². The van der Waals surface area contributed by atoms with Gasteiger partial charge in [-0.15, -0.1) is 0 Å². The first-order chi connectivity index (χ1) is 14.5. The van der Waals surface area contributed by atoms with Crippen molar-refractivity contribution >= 4 is 28.8 Å². The van der Waals surface area contributed by atoms with E-state index in [1.54, 1.807) is 6.20 Å². The zero-order valence-corrected chi connectivity index (χ0v) is 18.3. The Kier molecular flexibility index (Phi) is 6.23. The number of benzene rings is 1. The van der Waals surface area contributed by atoms with Crippen LogP contribution in [0.25, 0.3) is 16.8 Å². The van der Waals surface area contributed by atoms with Gasteiger partial charge in [0.05, 0.1) is 11.6 Å². The largest absolute Gasteiger partial charge is 0.356 e. The molecule has 6 nitrogen and oxygen atoms in total. The molecule has 1 N–H and O–H groups in total. The zero-order valence-electron chi connectivity index (χ0n) is 17.5. The van der Waals surface area contributed by atoms with E-state index < -0.39 is 0 Å². The molecule has 7 heteroatoms. The third-order valence-electron chi connectivity index (χ3n) is 5.60. The zero-order chi connectivity index (χ0) is 21.1. The molecule has 1 aliphatic rings. The molecule has 1 atom stereocenters. The second-order valence-electron chi connectivity index (χ2n) is 8.38. The molecule has 0 aliphatic carbocycles. The predicted molar refractivity (Wildman–Crippen MR) is 121 cm³/mol. The lowest BCUT2D eigenvalue weighted by molar-refractivity contribution is -0.125. The number of carbonyl (C=O) groups is 1. The fourth-order valence-corrected chi connectivity index (χ4v) is 4.14. The molecule has 1 aromatic carbocycles. The minimum atomic E-state index is -0.0108. The second kappa shape index (κ2) is 9.04. The van der Waals surface area contributed by atoms with Crippen LogP contribution in [0.3, 0.4) is 0 Å². The minimum absolute atomic E-state index is 0.0108. The highest BCUT2D eigenvalue weighted by atomic mass is 35.5. The molecule has 1 saturated heterocycles. The number of amides is 1. The quantitative estimate of drug-likeness (QED) is 0.634. The lowest BCUT2D eigenvalue weighted by atomic mass is 9.97. The van der Waals surface area contributed by atoms with E-state index in [0.717, 1.165) is 54.9 Å². The maximum atomic E-state index is 12.7. The molecule has 1 unspecified atom stereocenters. The molecule has 1 amide bonds. The Morgan fingerprint density at radius 3 is 3.00 bits per heavy atom. The number of carbonyl (C=O) groups excluding carboxylic acids is 1. The molecule has 1 aliphatic heterocycles. The highest BCUT2D eigenvalue weighted by molar-refractivity contribution is 6.30. The van der Waals surface area contributed by atoms with Gasteiger partial charge in [0.1, 0.15) is 5.52 Å². The van der Waals surface area contributed by atoms with Gasteiger partial charge in [0, 0.05) is 42.6 Å². The third kappa shape index (κ3) is 4.59. The van der Waals surface area contributed by atoms with Crippen LogP contribution in [0.1, 0.15) is 33.1 Å². The molecular formula is C23H28ClN5O. The standard InChI is InChI=1S/C23H28ClN5O/c1-16(2)8-9-26-23(30)18-6-4-11-28(15-18)22-21-14-20(27-29(21)12-10-25-22)17-5-3-7-19(24)13-17/h3,5,7,10,12-14,16,18H,4,6,8-9,11,15H2,1-2H3,(H,26,30). The summed E-state index contributed by atoms with van der Waals surface area (Å²) in [5.41, 5.74) is 2.76. The molecule has 3 aromatic rings. The summed E-state index contributed by atoms with van der Waals surface area (Å²) in [6, 6.07) is 9.73. The van der Waals surface area contributed by atoms with Crippen molar-refractivity contribution in [2.75, 3.05) is 24.5 Å². The van der Waals surface area contributed by atoms with Gasteiger partial charge < -0.3 is 10.2 Å². The summed E-state index contributed by atoms with van der Waals surface area (Å²) in [6.07, 6.45) is 6.52. The van der Waals surface area contributed by atoms with E-state index >= 15 is 0 Å². The number of hydrogen-bond donors (Lipinski definition) is 1. The fourth-order valence-electron chi connectivity index (χ4n) is 3.95. The monoisotopic (exact) mass is 425 g/mol. The van der Waals surface area contributed by atoms with Crippen molar-refractivity contribution in [1.82, 2.24) is 19.9 Å². The van der Waals surface area contributed by atoms with E-state index in [1.165, 1.54) is 0 Å². The first kappa shape index (κ1) is 20.7. The maximum Gasteiger partial charge on any atom is 0.224 e. The molecule has 4 rings (SSSR count). The van der Waals surface area contributed by atoms with Gasteiger partial charge in [-0.2, -0.15) is 5.10 Å². The Bertz CT molecular complexity index is 1030. The molecular weight excluding hydrogens is 398 g/mol. The average Bonchev–Trinajstić information content (AvgIpc) is 3.18. The van der Waals surface area contributed by atoms with Gasteiger partial charge in [0.15, 0.2) is 5.82 Å². The van der Waals surface area contributed by atoms with Crippen LogP contribution in [0.2, 0.25) is 5.02 Å². The molecule has 3 heterocycles. The third-order valence-corrected chi connectivity index (χ3v) is 5.84. The second-order valence-corrected chi connectivity index (χ2v) is 8.82. The number of hydrogen-bond acceptors (Lipinski definition) is 4. The molecule has 0 spiro atoms. The van der Waals surface area contributed by atoms with Gasteiger partial charge in [-0.25, -0.2) is 9.50 Å². The lowest BCUT2D eigenvalue weighted by Crippen LogP contribution is -2.43. The normalized spacial score (nSPS) is 16.9. The van der Waals surface area contributed by atoms with Crippen LogP contribution in [0.4, 0.5) is 5.82 Å². The number of aromatic nitrogens is 3. The minimum Gasteiger partial charge on any atom is -0.356 e. The summed E-state index contributed by atoms with van der Waals surface area (Å²) in [5, 5.41) is 8.50. The number of anilines is 1. The number of halogens is 1. The number of nitrogens with one attached hydrogen (secondary N) is 1. The lowest BCUT2D eigenvalue weighted by Gasteiger charge is -2.33. The Labute approximate surface area is 182 Å². The molecule has 1 fully saturated rings. The van der Waals surface area contributed by atoms with Crippen molar-refractivity contribution in [2.45, 2.75) is 33.1 Å². The first-order valence-electron chi connectivity index (χ1n) is 10.6. The summed E-state index contributed by atoms with van der Waals surface area (Å²) in [6.45, 7) is 6.65. The van der Waals surface area contributed by atoms with Gasteiger partial charge in [-0.05, 0) is 43.4 Å². The van der Waals surface area contributed by atoms with E-state index in [1.807, 2.05) is 41.0 Å². The van der Waals surface area contributed by atoms with Gasteiger partial charge in [0.25, 0.3) is 0 Å². The maximum absolute atomic E-state index is 12.7. The first-order valence-corrected chi connectivity index (χ1v) is 11.0. The van der Waals surface area contributed by atoms with E-state index in [4.69, 9.17) is 16.7 Å². The Balaban J connectivity index is 1.54. The van der Waals surface area contributed by atoms with E-state index in [-0.39, 0.29) is 11.8 Å². The summed E-state index contributed by atoms with van der Waals surface area (Å²) in [4.78, 5) is 19.5. The SMILES string of the molecule is CC(C)CCNC(=O)C1CCCN(c2nccn3nc(-c4cccc(Cl)c4)cc23)C1. The number of nitrogens with zero attached hydrogens (tertiary/aromatic N) is 4. The topological polar surface area (TPSA) is 62.5 Å². The van der Waals surface area contributed by atoms with E-state index in [2.05, 4.69) is 29.0 Å². The molecule has 0 radical (unpaired) electrons. The Hall–Kier alpha value is -2.60. The average molecular weight is 426 g/mol. The van der Waals surface area contributed by atoms with Gasteiger partial charge >= 0.3 is 0 Å². The van der Waals surface area contributed by atoms with Crippen LogP contribution in [0.5, 0.6) is 0 Å². The van der Waals surface area contributed by atoms with Crippen molar-refractivity contribution in [1.29, 1.82) is 0 Å². The summed E-state index contributed by atoms with van der Waals surface area (Å²) in [5.74, 6) is 1.60. The summed E-state index contributed by atoms with van der Waals surface area (Å²) in [7, 11) is 0. The highest BCUT2D eigenvalue weighted by Gasteiger charge is 2.27. The fraction of sp³-hybridized carbons (Fsp3) is 0.435. The van der Waals surface area contributed by atoms with Crippen LogP contribution in [0.15, 0.2) is 42.7 Å². The highest BCUT2D eigenvalue weighted by Crippen LogP contribution is 2.29. The van der Waals surface area contributed by atoms with Gasteiger partial charge in [0.2, 0.25) is 5.91 Å². The van der Waals surface area contributed by atoms with Crippen LogP contribution < -0.4 is 10.2 Å². The van der Waals surface area contributed by atoms with Crippen molar-refractivity contribution in [2.24, 2.45) is 11.8 Å². The van der Waals surface area contributed by atoms with E-state index in [0.29, 0.717) is 17.5 Å². The van der Waals surface area contributed by atoms with Crippen LogP contribution in [-0.4, -0.2) is 40.1 Å². The van der Waals surface area contributed by atoms with Crippen molar-refractivity contribution in [3.63, 3.8) is 0 Å². The van der Waals surface area contributed by atoms with Crippen molar-refractivity contribution in [3.05, 3.63) is 47.7 Å². The summed E-state index contributed by atoms with van der Waals surface area (Å²) < 4.78 is 1.85. The number of fused-ring (bicyclic) bond motifs is 1. The summed E-state index contributed by atoms with van der Waals surface area (Å²) >= 11 is 6.15. The molecule has 2 aromatic heterocycles. The number of piperidine rings is 1. The molecule has 30 heavy (non-hydrogen) atoms. The smallest absolute Gasteiger partial charge is 0.224 e. The molecule has 158 valence electrons. The number of rotatable bonds is 6. The van der Waals surface area contributed by atoms with Crippen LogP contribution in [-0.2, 0) is 4.79 Å². The van der Waals surface area contributed by atoms with Crippen molar-refractivity contribution < 1.29 is 4.79 Å². The molecule has 0 bridgehead atoms. The van der Waals surface area contributed by atoms with E-state index in [9.17, 15) is 4.79 Å². The van der Waals surface area contributed by atoms with Crippen LogP contribution >= 0.6 is 11.6 Å². The van der Waals surface area contributed by atoms with Gasteiger partial charge in [-0.1, -0.05) is 37.6 Å². The van der Waals surface area contributed by atoms with Crippen molar-refractivity contribution in [3.8, 4) is 11.3 Å². The van der Waals surface area contributed by atoms with Gasteiger partial charge in [-0.3, -0.25) is 4.79 Å². The molecule has 0 saturated carbocycles. The Morgan fingerprint density at radius 1 is 1.33 bits per heavy atom.